The predicted molar refractivity (Wildman–Crippen MR) is 78.6 cm³/mol. The molecule has 20 heavy (non-hydrogen) atoms. The Balaban J connectivity index is 2.29. The summed E-state index contributed by atoms with van der Waals surface area (Å²) in [7, 11) is 3.60. The van der Waals surface area contributed by atoms with Crippen molar-refractivity contribution in [3.63, 3.8) is 0 Å². The van der Waals surface area contributed by atoms with E-state index in [1.54, 1.807) is 7.11 Å². The molecule has 2 unspecified atom stereocenters. The maximum Gasteiger partial charge on any atom is 0.0900 e. The van der Waals surface area contributed by atoms with E-state index in [0.29, 0.717) is 26.3 Å². The maximum atomic E-state index is 9.94. The summed E-state index contributed by atoms with van der Waals surface area (Å²) in [6.45, 7) is 6.02. The van der Waals surface area contributed by atoms with E-state index in [0.717, 1.165) is 11.4 Å². The Hall–Kier alpha value is -1.01. The number of aromatic nitrogens is 1. The van der Waals surface area contributed by atoms with Crippen LogP contribution in [0, 0.1) is 6.92 Å². The molecule has 0 amide bonds. The average Bonchev–Trinajstić information content (AvgIpc) is 2.36. The first-order valence-corrected chi connectivity index (χ1v) is 6.91. The van der Waals surface area contributed by atoms with Crippen LogP contribution in [0.3, 0.4) is 0 Å². The zero-order chi connectivity index (χ0) is 15.0. The topological polar surface area (TPSA) is 54.8 Å². The first kappa shape index (κ1) is 17.0. The van der Waals surface area contributed by atoms with Gasteiger partial charge in [0.1, 0.15) is 0 Å². The van der Waals surface area contributed by atoms with Gasteiger partial charge >= 0.3 is 0 Å². The van der Waals surface area contributed by atoms with E-state index in [1.807, 2.05) is 44.0 Å². The minimum absolute atomic E-state index is 0.00149. The third kappa shape index (κ3) is 6.96. The van der Waals surface area contributed by atoms with Gasteiger partial charge in [0.05, 0.1) is 31.1 Å². The Morgan fingerprint density at radius 2 is 2.10 bits per heavy atom. The number of methoxy groups -OCH3 is 1. The number of likely N-dealkylation sites (N-methyl/N-ethyl adjacent to an activating group) is 1. The van der Waals surface area contributed by atoms with Crippen molar-refractivity contribution in [2.45, 2.75) is 32.6 Å². The highest BCUT2D eigenvalue weighted by atomic mass is 16.5. The van der Waals surface area contributed by atoms with Crippen molar-refractivity contribution >= 4 is 0 Å². The molecule has 0 aromatic carbocycles. The molecule has 0 aliphatic heterocycles. The number of nitrogens with zero attached hydrogens (tertiary/aromatic N) is 2. The maximum absolute atomic E-state index is 9.94. The Morgan fingerprint density at radius 1 is 1.35 bits per heavy atom. The summed E-state index contributed by atoms with van der Waals surface area (Å²) in [4.78, 5) is 6.49. The molecule has 2 atom stereocenters. The van der Waals surface area contributed by atoms with E-state index in [4.69, 9.17) is 9.47 Å². The Morgan fingerprint density at radius 3 is 2.75 bits per heavy atom. The lowest BCUT2D eigenvalue weighted by atomic mass is 10.3. The number of rotatable bonds is 9. The van der Waals surface area contributed by atoms with Crippen LogP contribution in [-0.2, 0) is 16.0 Å². The number of hydrogen-bond donors (Lipinski definition) is 1. The zero-order valence-electron chi connectivity index (χ0n) is 12.9. The van der Waals surface area contributed by atoms with Gasteiger partial charge in [-0.25, -0.2) is 0 Å². The van der Waals surface area contributed by atoms with Gasteiger partial charge in [0.2, 0.25) is 0 Å². The van der Waals surface area contributed by atoms with Gasteiger partial charge in [0.25, 0.3) is 0 Å². The summed E-state index contributed by atoms with van der Waals surface area (Å²) < 4.78 is 10.5. The van der Waals surface area contributed by atoms with Crippen molar-refractivity contribution < 1.29 is 14.6 Å². The molecule has 1 rings (SSSR count). The molecule has 0 bridgehead atoms. The van der Waals surface area contributed by atoms with Crippen LogP contribution in [0.25, 0.3) is 0 Å². The third-order valence-electron chi connectivity index (χ3n) is 2.87. The molecule has 0 saturated heterocycles. The molecule has 5 nitrogen and oxygen atoms in total. The van der Waals surface area contributed by atoms with Gasteiger partial charge in [0.15, 0.2) is 0 Å². The van der Waals surface area contributed by atoms with E-state index in [-0.39, 0.29) is 6.10 Å². The number of aliphatic hydroxyl groups excluding tert-OH is 1. The molecule has 0 fully saturated rings. The molecule has 5 heteroatoms. The molecule has 1 aromatic rings. The monoisotopic (exact) mass is 282 g/mol. The van der Waals surface area contributed by atoms with Crippen molar-refractivity contribution in [2.75, 3.05) is 33.9 Å². The Labute approximate surface area is 121 Å². The second-order valence-electron chi connectivity index (χ2n) is 5.22. The van der Waals surface area contributed by atoms with Crippen molar-refractivity contribution in [3.8, 4) is 0 Å². The summed E-state index contributed by atoms with van der Waals surface area (Å²) >= 11 is 0. The summed E-state index contributed by atoms with van der Waals surface area (Å²) in [6.07, 6.45) is -0.512. The first-order valence-electron chi connectivity index (χ1n) is 6.91. The zero-order valence-corrected chi connectivity index (χ0v) is 12.9. The predicted octanol–water partition coefficient (Wildman–Crippen LogP) is 1.23. The normalized spacial score (nSPS) is 14.5. The van der Waals surface area contributed by atoms with Crippen molar-refractivity contribution in [1.82, 2.24) is 9.88 Å². The van der Waals surface area contributed by atoms with Gasteiger partial charge in [-0.1, -0.05) is 6.07 Å². The van der Waals surface area contributed by atoms with Gasteiger partial charge in [-0.2, -0.15) is 0 Å². The van der Waals surface area contributed by atoms with Crippen LogP contribution in [0.2, 0.25) is 0 Å². The average molecular weight is 282 g/mol. The quantitative estimate of drug-likeness (QED) is 0.738. The first-order chi connectivity index (χ1) is 9.51. The van der Waals surface area contributed by atoms with Crippen molar-refractivity contribution in [2.24, 2.45) is 0 Å². The van der Waals surface area contributed by atoms with Crippen LogP contribution in [0.1, 0.15) is 18.3 Å². The number of ether oxygens (including phenoxy) is 2. The van der Waals surface area contributed by atoms with Crippen LogP contribution >= 0.6 is 0 Å². The lowest BCUT2D eigenvalue weighted by molar-refractivity contribution is -0.0385. The van der Waals surface area contributed by atoms with Gasteiger partial charge < -0.3 is 14.6 Å². The smallest absolute Gasteiger partial charge is 0.0900 e. The molecule has 1 heterocycles. The fourth-order valence-electron chi connectivity index (χ4n) is 2.00. The fourth-order valence-corrected chi connectivity index (χ4v) is 2.00. The molecule has 0 spiro atoms. The molecular weight excluding hydrogens is 256 g/mol. The molecule has 0 saturated carbocycles. The fraction of sp³-hybridized carbons (Fsp3) is 0.667. The van der Waals surface area contributed by atoms with Crippen LogP contribution in [-0.4, -0.2) is 61.1 Å². The van der Waals surface area contributed by atoms with Gasteiger partial charge in [-0.05, 0) is 33.0 Å². The Kier molecular flexibility index (Phi) is 7.69. The number of pyridine rings is 1. The minimum atomic E-state index is -0.510. The van der Waals surface area contributed by atoms with Crippen LogP contribution in [0.5, 0.6) is 0 Å². The molecule has 0 aliphatic rings. The Bertz CT molecular complexity index is 387. The van der Waals surface area contributed by atoms with Gasteiger partial charge in [-0.15, -0.1) is 0 Å². The van der Waals surface area contributed by atoms with Crippen LogP contribution < -0.4 is 0 Å². The second-order valence-corrected chi connectivity index (χ2v) is 5.22. The molecule has 1 N–H and O–H groups in total. The highest BCUT2D eigenvalue weighted by Gasteiger charge is 2.11. The van der Waals surface area contributed by atoms with Gasteiger partial charge in [0, 0.05) is 25.9 Å². The van der Waals surface area contributed by atoms with E-state index in [1.165, 1.54) is 0 Å². The summed E-state index contributed by atoms with van der Waals surface area (Å²) in [6, 6.07) is 5.97. The standard InChI is InChI=1S/C15H26N2O3/c1-12-6-5-7-14(16-12)8-17(3)9-15(18)11-20-13(2)10-19-4/h5-7,13,15,18H,8-11H2,1-4H3. The van der Waals surface area contributed by atoms with E-state index < -0.39 is 6.10 Å². The number of hydrogen-bond acceptors (Lipinski definition) is 5. The van der Waals surface area contributed by atoms with Crippen LogP contribution in [0.4, 0.5) is 0 Å². The molecular formula is C15H26N2O3. The van der Waals surface area contributed by atoms with E-state index in [9.17, 15) is 5.11 Å². The molecule has 114 valence electrons. The largest absolute Gasteiger partial charge is 0.389 e. The second kappa shape index (κ2) is 9.02. The molecule has 0 aliphatic carbocycles. The number of aryl methyl sites for hydroxylation is 1. The van der Waals surface area contributed by atoms with Gasteiger partial charge in [-0.3, -0.25) is 9.88 Å². The molecule has 0 radical (unpaired) electrons. The van der Waals surface area contributed by atoms with E-state index >= 15 is 0 Å². The highest BCUT2D eigenvalue weighted by Crippen LogP contribution is 2.03. The van der Waals surface area contributed by atoms with E-state index in [2.05, 4.69) is 4.98 Å². The van der Waals surface area contributed by atoms with Crippen molar-refractivity contribution in [1.29, 1.82) is 0 Å². The molecule has 1 aromatic heterocycles. The minimum Gasteiger partial charge on any atom is -0.389 e. The van der Waals surface area contributed by atoms with Crippen LogP contribution in [0.15, 0.2) is 18.2 Å². The lowest BCUT2D eigenvalue weighted by Crippen LogP contribution is -2.33. The van der Waals surface area contributed by atoms with Crippen molar-refractivity contribution in [3.05, 3.63) is 29.6 Å². The lowest BCUT2D eigenvalue weighted by Gasteiger charge is -2.21. The SMILES string of the molecule is COCC(C)OCC(O)CN(C)Cc1cccc(C)n1. The summed E-state index contributed by atoms with van der Waals surface area (Å²) in [5, 5.41) is 9.94. The summed E-state index contributed by atoms with van der Waals surface area (Å²) in [5.74, 6) is 0. The third-order valence-corrected chi connectivity index (χ3v) is 2.87. The highest BCUT2D eigenvalue weighted by molar-refractivity contribution is 5.09. The number of aliphatic hydroxyl groups is 1. The summed E-state index contributed by atoms with van der Waals surface area (Å²) in [5.41, 5.74) is 2.02.